The summed E-state index contributed by atoms with van der Waals surface area (Å²) in [5.74, 6) is 0. The van der Waals surface area contributed by atoms with Crippen LogP contribution in [0.4, 0.5) is 5.69 Å². The number of piperidine rings is 1. The highest BCUT2D eigenvalue weighted by Crippen LogP contribution is 2.23. The van der Waals surface area contributed by atoms with Crippen molar-refractivity contribution in [3.8, 4) is 0 Å². The Morgan fingerprint density at radius 3 is 2.80 bits per heavy atom. The minimum absolute atomic E-state index is 0.0115. The topological polar surface area (TPSA) is 50.2 Å². The first-order valence-corrected chi connectivity index (χ1v) is 7.52. The van der Waals surface area contributed by atoms with Crippen molar-refractivity contribution < 1.29 is 0 Å². The average molecular weight is 299 g/mol. The number of likely N-dealkylation sites (tertiary alicyclic amines) is 1. The molecule has 20 heavy (non-hydrogen) atoms. The second-order valence-corrected chi connectivity index (χ2v) is 6.29. The van der Waals surface area contributed by atoms with E-state index in [4.69, 9.17) is 11.6 Å². The Bertz CT molecular complexity index is 528. The Morgan fingerprint density at radius 1 is 1.50 bits per heavy atom. The summed E-state index contributed by atoms with van der Waals surface area (Å²) in [6.45, 7) is 7.09. The summed E-state index contributed by atoms with van der Waals surface area (Å²) in [7, 11) is 2.14. The number of hydrogen-bond donors (Lipinski definition) is 1. The molecule has 2 unspecified atom stereocenters. The molecular formula is C14H23ClN4O. The molecular weight excluding hydrogens is 276 g/mol. The van der Waals surface area contributed by atoms with Gasteiger partial charge >= 0.3 is 0 Å². The van der Waals surface area contributed by atoms with Crippen molar-refractivity contribution in [2.75, 3.05) is 18.9 Å². The van der Waals surface area contributed by atoms with E-state index in [1.54, 1.807) is 6.20 Å². The Hall–Kier alpha value is -1.07. The molecule has 2 rings (SSSR count). The van der Waals surface area contributed by atoms with Crippen LogP contribution in [-0.4, -0.2) is 40.4 Å². The van der Waals surface area contributed by atoms with Crippen molar-refractivity contribution in [3.05, 3.63) is 21.6 Å². The second kappa shape index (κ2) is 6.14. The highest BCUT2D eigenvalue weighted by Gasteiger charge is 2.23. The van der Waals surface area contributed by atoms with Crippen LogP contribution in [0.2, 0.25) is 5.02 Å². The molecule has 112 valence electrons. The van der Waals surface area contributed by atoms with Crippen molar-refractivity contribution in [3.63, 3.8) is 0 Å². The zero-order valence-electron chi connectivity index (χ0n) is 12.6. The molecule has 0 spiro atoms. The van der Waals surface area contributed by atoms with Crippen LogP contribution in [0.25, 0.3) is 0 Å². The zero-order valence-corrected chi connectivity index (χ0v) is 13.3. The predicted molar refractivity (Wildman–Crippen MR) is 82.6 cm³/mol. The van der Waals surface area contributed by atoms with Gasteiger partial charge in [0.25, 0.3) is 5.56 Å². The van der Waals surface area contributed by atoms with Gasteiger partial charge in [-0.1, -0.05) is 11.6 Å². The minimum atomic E-state index is -0.229. The number of nitrogens with zero attached hydrogens (tertiary/aromatic N) is 3. The third-order valence-corrected chi connectivity index (χ3v) is 4.37. The SMILES string of the molecule is CC1CC(Nc2cnn(C(C)C)c(=O)c2Cl)CCN1C. The third kappa shape index (κ3) is 3.15. The Labute approximate surface area is 124 Å². The van der Waals surface area contributed by atoms with E-state index in [-0.39, 0.29) is 16.6 Å². The van der Waals surface area contributed by atoms with Crippen LogP contribution in [0.5, 0.6) is 0 Å². The van der Waals surface area contributed by atoms with Gasteiger partial charge < -0.3 is 10.2 Å². The van der Waals surface area contributed by atoms with E-state index in [0.717, 1.165) is 19.4 Å². The maximum Gasteiger partial charge on any atom is 0.287 e. The zero-order chi connectivity index (χ0) is 14.9. The van der Waals surface area contributed by atoms with Gasteiger partial charge in [-0.2, -0.15) is 5.10 Å². The molecule has 0 aliphatic carbocycles. The first-order chi connectivity index (χ1) is 9.40. The van der Waals surface area contributed by atoms with Crippen LogP contribution >= 0.6 is 11.6 Å². The van der Waals surface area contributed by atoms with Gasteiger partial charge in [0.2, 0.25) is 0 Å². The molecule has 1 N–H and O–H groups in total. The van der Waals surface area contributed by atoms with Gasteiger partial charge in [-0.25, -0.2) is 4.68 Å². The van der Waals surface area contributed by atoms with Gasteiger partial charge in [-0.3, -0.25) is 4.79 Å². The lowest BCUT2D eigenvalue weighted by molar-refractivity contribution is 0.190. The van der Waals surface area contributed by atoms with E-state index < -0.39 is 0 Å². The van der Waals surface area contributed by atoms with Crippen LogP contribution < -0.4 is 10.9 Å². The molecule has 5 nitrogen and oxygen atoms in total. The van der Waals surface area contributed by atoms with Gasteiger partial charge in [0.05, 0.1) is 17.9 Å². The molecule has 1 aromatic heterocycles. The van der Waals surface area contributed by atoms with E-state index in [1.807, 2.05) is 13.8 Å². The Kier molecular flexibility index (Phi) is 4.70. The smallest absolute Gasteiger partial charge is 0.287 e. The summed E-state index contributed by atoms with van der Waals surface area (Å²) in [5, 5.41) is 7.79. The number of aromatic nitrogens is 2. The average Bonchev–Trinajstić information content (AvgIpc) is 2.39. The molecule has 2 heterocycles. The summed E-state index contributed by atoms with van der Waals surface area (Å²) in [4.78, 5) is 14.5. The first-order valence-electron chi connectivity index (χ1n) is 7.14. The molecule has 1 aliphatic rings. The normalized spacial score (nSPS) is 24.1. The highest BCUT2D eigenvalue weighted by molar-refractivity contribution is 6.32. The fourth-order valence-corrected chi connectivity index (χ4v) is 2.74. The molecule has 1 aromatic rings. The molecule has 0 aromatic carbocycles. The standard InChI is InChI=1S/C14H23ClN4O/c1-9(2)19-14(20)13(15)12(8-16-19)17-11-5-6-18(4)10(3)7-11/h8-11,17H,5-7H2,1-4H3. The summed E-state index contributed by atoms with van der Waals surface area (Å²) < 4.78 is 1.41. The molecule has 2 atom stereocenters. The van der Waals surface area contributed by atoms with E-state index in [2.05, 4.69) is 29.3 Å². The van der Waals surface area contributed by atoms with Crippen LogP contribution in [0, 0.1) is 0 Å². The van der Waals surface area contributed by atoms with Crippen molar-refractivity contribution in [2.24, 2.45) is 0 Å². The molecule has 1 saturated heterocycles. The monoisotopic (exact) mass is 298 g/mol. The van der Waals surface area contributed by atoms with Crippen molar-refractivity contribution >= 4 is 17.3 Å². The van der Waals surface area contributed by atoms with Crippen molar-refractivity contribution in [1.29, 1.82) is 0 Å². The quantitative estimate of drug-likeness (QED) is 0.931. The summed E-state index contributed by atoms with van der Waals surface area (Å²) in [5.41, 5.74) is 0.419. The van der Waals surface area contributed by atoms with E-state index >= 15 is 0 Å². The van der Waals surface area contributed by atoms with E-state index in [9.17, 15) is 4.79 Å². The van der Waals surface area contributed by atoms with E-state index in [1.165, 1.54) is 4.68 Å². The maximum absolute atomic E-state index is 12.1. The first kappa shape index (κ1) is 15.3. The molecule has 1 aliphatic heterocycles. The summed E-state index contributed by atoms with van der Waals surface area (Å²) >= 11 is 6.18. The largest absolute Gasteiger partial charge is 0.380 e. The fourth-order valence-electron chi connectivity index (χ4n) is 2.55. The number of halogens is 1. The fraction of sp³-hybridized carbons (Fsp3) is 0.714. The van der Waals surface area contributed by atoms with Gasteiger partial charge in [0.15, 0.2) is 0 Å². The molecule has 0 saturated carbocycles. The van der Waals surface area contributed by atoms with E-state index in [0.29, 0.717) is 17.8 Å². The van der Waals surface area contributed by atoms with Crippen LogP contribution in [0.3, 0.4) is 0 Å². The van der Waals surface area contributed by atoms with Crippen molar-refractivity contribution in [2.45, 2.75) is 51.7 Å². The lowest BCUT2D eigenvalue weighted by atomic mass is 9.99. The minimum Gasteiger partial charge on any atom is -0.380 e. The van der Waals surface area contributed by atoms with Crippen LogP contribution in [-0.2, 0) is 0 Å². The Morgan fingerprint density at radius 2 is 2.20 bits per heavy atom. The number of anilines is 1. The molecule has 6 heteroatoms. The lowest BCUT2D eigenvalue weighted by Crippen LogP contribution is -2.43. The summed E-state index contributed by atoms with van der Waals surface area (Å²) in [6, 6.07) is 0.885. The summed E-state index contributed by atoms with van der Waals surface area (Å²) in [6.07, 6.45) is 3.75. The molecule has 0 amide bonds. The molecule has 1 fully saturated rings. The predicted octanol–water partition coefficient (Wildman–Crippen LogP) is 2.37. The van der Waals surface area contributed by atoms with Crippen LogP contribution in [0.1, 0.15) is 39.7 Å². The molecule has 0 radical (unpaired) electrons. The van der Waals surface area contributed by atoms with Gasteiger partial charge in [-0.15, -0.1) is 0 Å². The van der Waals surface area contributed by atoms with Gasteiger partial charge in [-0.05, 0) is 40.7 Å². The second-order valence-electron chi connectivity index (χ2n) is 5.91. The maximum atomic E-state index is 12.1. The Balaban J connectivity index is 2.15. The van der Waals surface area contributed by atoms with Gasteiger partial charge in [0, 0.05) is 18.6 Å². The van der Waals surface area contributed by atoms with Crippen molar-refractivity contribution in [1.82, 2.24) is 14.7 Å². The van der Waals surface area contributed by atoms with Gasteiger partial charge in [0.1, 0.15) is 5.02 Å². The number of hydrogen-bond acceptors (Lipinski definition) is 4. The highest BCUT2D eigenvalue weighted by atomic mass is 35.5. The molecule has 0 bridgehead atoms. The lowest BCUT2D eigenvalue weighted by Gasteiger charge is -2.35. The number of rotatable bonds is 3. The van der Waals surface area contributed by atoms with Crippen LogP contribution in [0.15, 0.2) is 11.0 Å². The number of nitrogens with one attached hydrogen (secondary N) is 1. The third-order valence-electron chi connectivity index (χ3n) is 4.00.